The summed E-state index contributed by atoms with van der Waals surface area (Å²) in [5.74, 6) is 0.775. The molecule has 3 aliphatic carbocycles. The zero-order chi connectivity index (χ0) is 54.9. The Balaban J connectivity index is 0.000000182. The van der Waals surface area contributed by atoms with Gasteiger partial charge in [0.15, 0.2) is 0 Å². The van der Waals surface area contributed by atoms with Gasteiger partial charge in [0.05, 0.1) is 29.5 Å². The number of carbonyl (C=O) groups is 7. The number of hydrogen-bond donors (Lipinski definition) is 4. The number of amides is 4. The van der Waals surface area contributed by atoms with E-state index in [0.717, 1.165) is 53.0 Å². The van der Waals surface area contributed by atoms with E-state index in [4.69, 9.17) is 14.2 Å². The van der Waals surface area contributed by atoms with Crippen LogP contribution in [0.1, 0.15) is 130 Å². The largest absolute Gasteiger partial charge is 0.519 e. The summed E-state index contributed by atoms with van der Waals surface area (Å²) in [4.78, 5) is 83.1. The molecular weight excluding hydrogens is 964 g/mol. The van der Waals surface area contributed by atoms with Crippen molar-refractivity contribution in [3.63, 3.8) is 0 Å². The zero-order valence-electron chi connectivity index (χ0n) is 43.9. The molecule has 3 aromatic carbocycles. The van der Waals surface area contributed by atoms with Crippen LogP contribution in [0.4, 0.5) is 44.6 Å². The van der Waals surface area contributed by atoms with Crippen molar-refractivity contribution < 1.29 is 65.7 Å². The molecule has 0 radical (unpaired) electrons. The number of nitrogens with zero attached hydrogens (tertiary/aromatic N) is 1. The number of carbonyl (C=O) groups excluding carboxylic acids is 7. The van der Waals surface area contributed by atoms with Gasteiger partial charge in [0.25, 0.3) is 0 Å². The second-order valence-electron chi connectivity index (χ2n) is 22.2. The molecule has 0 atom stereocenters. The van der Waals surface area contributed by atoms with Crippen molar-refractivity contribution in [2.75, 3.05) is 49.1 Å². The molecule has 404 valence electrons. The van der Waals surface area contributed by atoms with Gasteiger partial charge in [-0.2, -0.15) is 0 Å². The van der Waals surface area contributed by atoms with E-state index in [0.29, 0.717) is 38.0 Å². The van der Waals surface area contributed by atoms with E-state index in [9.17, 15) is 46.7 Å². The van der Waals surface area contributed by atoms with Gasteiger partial charge < -0.3 is 45.5 Å². The van der Waals surface area contributed by atoms with Crippen molar-refractivity contribution in [2.24, 2.45) is 11.7 Å². The smallest absolute Gasteiger partial charge is 0.444 e. The average molecular weight is 1040 g/mol. The fourth-order valence-corrected chi connectivity index (χ4v) is 9.81. The topological polar surface area (TPSA) is 222 Å². The van der Waals surface area contributed by atoms with Gasteiger partial charge in [-0.15, -0.1) is 0 Å². The van der Waals surface area contributed by atoms with Crippen molar-refractivity contribution >= 4 is 59.0 Å². The number of rotatable bonds is 7. The monoisotopic (exact) mass is 1040 g/mol. The van der Waals surface area contributed by atoms with E-state index in [2.05, 4.69) is 26.4 Å². The van der Waals surface area contributed by atoms with Gasteiger partial charge in [0.2, 0.25) is 17.7 Å². The molecule has 9 rings (SSSR count). The minimum atomic E-state index is -1.06. The zero-order valence-corrected chi connectivity index (χ0v) is 43.9. The van der Waals surface area contributed by atoms with Crippen molar-refractivity contribution in [2.45, 2.75) is 153 Å². The maximum atomic E-state index is 12.9. The van der Waals surface area contributed by atoms with Gasteiger partial charge in [0, 0.05) is 42.5 Å². The Kier molecular flexibility index (Phi) is 18.8. The molecule has 5 N–H and O–H groups in total. The van der Waals surface area contributed by atoms with Gasteiger partial charge in [-0.05, 0) is 142 Å². The lowest BCUT2D eigenvalue weighted by molar-refractivity contribution is -0.137. The minimum Gasteiger partial charge on any atom is -0.444 e. The Morgan fingerprint density at radius 1 is 0.581 bits per heavy atom. The summed E-state index contributed by atoms with van der Waals surface area (Å²) in [6.45, 7) is 14.2. The maximum absolute atomic E-state index is 12.9. The summed E-state index contributed by atoms with van der Waals surface area (Å²) in [6.07, 6.45) is 2.40. The second-order valence-corrected chi connectivity index (χ2v) is 22.2. The molecule has 3 saturated carbocycles. The molecule has 3 heterocycles. The first-order valence-electron chi connectivity index (χ1n) is 24.9. The van der Waals surface area contributed by atoms with E-state index in [1.54, 1.807) is 62.3 Å². The summed E-state index contributed by atoms with van der Waals surface area (Å²) >= 11 is 0. The molecular formula is C55H72F3N5O11. The SMILES string of the molecule is CC(C)(C)OC(=O)N(CCF)C1CC2(C1)C(=O)Nc1ccccc12.CC(C)(C)OC(=O)OC(=O)OC(C)(C)C.NCCF.O=C1CC2(C1)C(=O)Nc1ccccc12.O=C1Nc2ccccc2C12CC(CCCF)C2. The van der Waals surface area contributed by atoms with Crippen LogP contribution in [-0.4, -0.2) is 103 Å². The number of ketones is 1. The van der Waals surface area contributed by atoms with E-state index in [1.807, 2.05) is 72.8 Å². The number of fused-ring (bicyclic) bond motifs is 6. The Morgan fingerprint density at radius 3 is 1.32 bits per heavy atom. The summed E-state index contributed by atoms with van der Waals surface area (Å²) in [5, 5.41) is 8.67. The number of nitrogens with one attached hydrogen (secondary N) is 3. The highest BCUT2D eigenvalue weighted by Crippen LogP contribution is 2.55. The van der Waals surface area contributed by atoms with E-state index in [1.165, 1.54) is 4.90 Å². The van der Waals surface area contributed by atoms with Crippen LogP contribution in [0.25, 0.3) is 0 Å². The van der Waals surface area contributed by atoms with Gasteiger partial charge in [-0.3, -0.25) is 23.6 Å². The van der Waals surface area contributed by atoms with Gasteiger partial charge in [-0.25, -0.2) is 23.2 Å². The lowest BCUT2D eigenvalue weighted by Crippen LogP contribution is -2.58. The molecule has 0 unspecified atom stereocenters. The predicted octanol–water partition coefficient (Wildman–Crippen LogP) is 10.3. The molecule has 4 amide bonds. The fraction of sp³-hybridized carbons (Fsp3) is 0.545. The molecule has 3 fully saturated rings. The fourth-order valence-electron chi connectivity index (χ4n) is 9.81. The third-order valence-electron chi connectivity index (χ3n) is 13.0. The van der Waals surface area contributed by atoms with Crippen LogP contribution in [0.2, 0.25) is 0 Å². The molecule has 74 heavy (non-hydrogen) atoms. The van der Waals surface area contributed by atoms with Gasteiger partial charge >= 0.3 is 18.4 Å². The van der Waals surface area contributed by atoms with Crippen molar-refractivity contribution in [3.8, 4) is 0 Å². The summed E-state index contributed by atoms with van der Waals surface area (Å²) in [7, 11) is 0. The molecule has 6 aliphatic rings. The van der Waals surface area contributed by atoms with Crippen LogP contribution in [0, 0.1) is 5.92 Å². The highest BCUT2D eigenvalue weighted by molar-refractivity contribution is 6.14. The maximum Gasteiger partial charge on any atom is 0.519 e. The number of alkyl halides is 3. The number of halogens is 3. The standard InChI is InChI=1S/C18H23FN2O3.C14H16FNO.C11H9NO2.C10H18O5.C2H6FN/c1-17(2,3)24-16(23)21(9-8-19)12-10-18(11-12)13-6-4-5-7-14(13)20-15(18)22;15-7-3-4-10-8-14(9-10)11-5-1-2-6-12(11)16-13(14)17;13-7-5-11(6-7)8-3-1-2-4-9(8)12-10(11)14;1-9(2,3)14-7(11)13-8(12)15-10(4,5)6;3-1-2-4/h4-7,12H,8-11H2,1-3H3,(H,20,22);1-2,5-6,10H,3-4,7-9H2,(H,16,17);1-4H,5-6H2,(H,12,14);1-6H3;1-2,4H2. The number of nitrogens with two attached hydrogens (primary N) is 1. The first-order chi connectivity index (χ1) is 34.7. The van der Waals surface area contributed by atoms with Crippen LogP contribution < -0.4 is 21.7 Å². The second kappa shape index (κ2) is 23.8. The third-order valence-corrected chi connectivity index (χ3v) is 13.0. The number of Topliss-reactive ketones (excluding diaryl/α,β-unsaturated/α-hetero) is 1. The van der Waals surface area contributed by atoms with E-state index in [-0.39, 0.29) is 54.7 Å². The van der Waals surface area contributed by atoms with Crippen molar-refractivity contribution in [1.82, 2.24) is 4.90 Å². The Morgan fingerprint density at radius 2 is 0.959 bits per heavy atom. The molecule has 19 heteroatoms. The molecule has 3 aliphatic heterocycles. The van der Waals surface area contributed by atoms with E-state index < -0.39 is 59.4 Å². The van der Waals surface area contributed by atoms with Crippen molar-refractivity contribution in [3.05, 3.63) is 89.5 Å². The third kappa shape index (κ3) is 14.0. The lowest BCUT2D eigenvalue weighted by atomic mass is 9.58. The molecule has 0 bridgehead atoms. The minimum absolute atomic E-state index is 0.0150. The Hall–Kier alpha value is -6.50. The molecule has 0 saturated heterocycles. The Bertz CT molecular complexity index is 2490. The van der Waals surface area contributed by atoms with Gasteiger partial charge in [-0.1, -0.05) is 54.6 Å². The number of anilines is 3. The van der Waals surface area contributed by atoms with Crippen LogP contribution in [-0.2, 0) is 54.4 Å². The summed E-state index contributed by atoms with van der Waals surface area (Å²) in [5.41, 5.74) is 6.97. The molecule has 0 aromatic heterocycles. The van der Waals surface area contributed by atoms with Crippen LogP contribution in [0.5, 0.6) is 0 Å². The number of ether oxygens (including phenoxy) is 4. The van der Waals surface area contributed by atoms with Crippen LogP contribution in [0.3, 0.4) is 0 Å². The lowest BCUT2D eigenvalue weighted by Gasteiger charge is -2.48. The quantitative estimate of drug-likeness (QED) is 0.0986. The average Bonchev–Trinajstić information content (AvgIpc) is 3.85. The van der Waals surface area contributed by atoms with Crippen LogP contribution >= 0.6 is 0 Å². The van der Waals surface area contributed by atoms with Gasteiger partial charge in [0.1, 0.15) is 35.9 Å². The molecule has 3 aromatic rings. The highest BCUT2D eigenvalue weighted by Gasteiger charge is 2.58. The normalized spacial score (nSPS) is 21.9. The predicted molar refractivity (Wildman–Crippen MR) is 273 cm³/mol. The number of hydrogen-bond acceptors (Lipinski definition) is 12. The summed E-state index contributed by atoms with van der Waals surface area (Å²) < 4.78 is 54.8. The molecule has 16 nitrogen and oxygen atoms in total. The van der Waals surface area contributed by atoms with E-state index >= 15 is 0 Å². The van der Waals surface area contributed by atoms with Crippen molar-refractivity contribution in [1.29, 1.82) is 0 Å². The first-order valence-corrected chi connectivity index (χ1v) is 24.9. The number of benzene rings is 3. The van der Waals surface area contributed by atoms with Crippen LogP contribution in [0.15, 0.2) is 72.8 Å². The highest BCUT2D eigenvalue weighted by atomic mass is 19.1. The summed E-state index contributed by atoms with van der Waals surface area (Å²) in [6, 6.07) is 22.9. The Labute approximate surface area is 431 Å². The molecule has 3 spiro atoms. The first kappa shape index (κ1) is 58.4. The number of para-hydroxylation sites is 3.